The van der Waals surface area contributed by atoms with Crippen LogP contribution in [0.2, 0.25) is 5.28 Å². The van der Waals surface area contributed by atoms with Crippen molar-refractivity contribution in [3.8, 4) is 0 Å². The molecule has 0 amide bonds. The number of hydrogen-bond donors (Lipinski definition) is 1. The summed E-state index contributed by atoms with van der Waals surface area (Å²) in [5, 5.41) is 3.58. The molecule has 1 unspecified atom stereocenters. The second-order valence-corrected chi connectivity index (χ2v) is 4.78. The fourth-order valence-electron chi connectivity index (χ4n) is 1.96. The van der Waals surface area contributed by atoms with Crippen LogP contribution < -0.4 is 10.2 Å². The van der Waals surface area contributed by atoms with Gasteiger partial charge in [0.1, 0.15) is 0 Å². The first-order chi connectivity index (χ1) is 9.14. The number of rotatable bonds is 8. The van der Waals surface area contributed by atoms with Gasteiger partial charge in [0.15, 0.2) is 0 Å². The van der Waals surface area contributed by atoms with Crippen LogP contribution in [-0.2, 0) is 0 Å². The fraction of sp³-hybridized carbons (Fsp3) is 0.769. The normalized spacial score (nSPS) is 12.3. The van der Waals surface area contributed by atoms with Gasteiger partial charge in [-0.3, -0.25) is 0 Å². The molecule has 1 atom stereocenters. The number of halogens is 1. The molecular weight excluding hydrogens is 262 g/mol. The zero-order valence-corrected chi connectivity index (χ0v) is 13.0. The largest absolute Gasteiger partial charge is 0.351 e. The van der Waals surface area contributed by atoms with Crippen molar-refractivity contribution in [3.63, 3.8) is 0 Å². The van der Waals surface area contributed by atoms with E-state index >= 15 is 0 Å². The molecule has 0 radical (unpaired) electrons. The summed E-state index contributed by atoms with van der Waals surface area (Å²) >= 11 is 5.98. The molecule has 0 spiro atoms. The highest BCUT2D eigenvalue weighted by atomic mass is 35.5. The summed E-state index contributed by atoms with van der Waals surface area (Å²) in [4.78, 5) is 14.9. The first-order valence-corrected chi connectivity index (χ1v) is 7.45. The van der Waals surface area contributed by atoms with E-state index in [1.165, 1.54) is 0 Å². The second-order valence-electron chi connectivity index (χ2n) is 4.44. The molecule has 0 aliphatic rings. The Kier molecular flexibility index (Phi) is 6.84. The summed E-state index contributed by atoms with van der Waals surface area (Å²) in [5.74, 6) is 1.21. The van der Waals surface area contributed by atoms with Gasteiger partial charge >= 0.3 is 0 Å². The number of nitrogens with zero attached hydrogens (tertiary/aromatic N) is 4. The molecule has 0 aromatic carbocycles. The van der Waals surface area contributed by atoms with E-state index < -0.39 is 0 Å². The summed E-state index contributed by atoms with van der Waals surface area (Å²) in [6, 6.07) is 0.382. The number of nitrogens with one attached hydrogen (secondary N) is 1. The summed E-state index contributed by atoms with van der Waals surface area (Å²) < 4.78 is 0. The molecule has 0 aliphatic heterocycles. The predicted octanol–water partition coefficient (Wildman–Crippen LogP) is 3.36. The van der Waals surface area contributed by atoms with Crippen LogP contribution in [0, 0.1) is 0 Å². The quantitative estimate of drug-likeness (QED) is 0.794. The summed E-state index contributed by atoms with van der Waals surface area (Å²) in [7, 11) is 0. The Hall–Kier alpha value is -1.10. The molecule has 0 saturated heterocycles. The lowest BCUT2D eigenvalue weighted by Crippen LogP contribution is -2.26. The third kappa shape index (κ3) is 4.82. The predicted molar refractivity (Wildman–Crippen MR) is 81.0 cm³/mol. The van der Waals surface area contributed by atoms with Crippen LogP contribution >= 0.6 is 11.6 Å². The minimum atomic E-state index is 0.241. The fourth-order valence-corrected chi connectivity index (χ4v) is 2.12. The Bertz CT molecular complexity index is 381. The number of aromatic nitrogens is 3. The van der Waals surface area contributed by atoms with Gasteiger partial charge in [-0.15, -0.1) is 0 Å². The molecule has 19 heavy (non-hydrogen) atoms. The standard InChI is InChI=1S/C13H24ClN5/c1-5-9-10(6-2)15-12-16-11(14)17-13(18-12)19(7-3)8-4/h10H,5-9H2,1-4H3,(H,15,16,17,18). The van der Waals surface area contributed by atoms with Crippen LogP contribution in [0.15, 0.2) is 0 Å². The molecule has 1 rings (SSSR count). The van der Waals surface area contributed by atoms with Crippen molar-refractivity contribution in [1.82, 2.24) is 15.0 Å². The van der Waals surface area contributed by atoms with Crippen LogP contribution in [0.1, 0.15) is 47.0 Å². The van der Waals surface area contributed by atoms with Crippen LogP contribution in [0.25, 0.3) is 0 Å². The van der Waals surface area contributed by atoms with Crippen molar-refractivity contribution in [2.24, 2.45) is 0 Å². The van der Waals surface area contributed by atoms with Crippen molar-refractivity contribution in [3.05, 3.63) is 5.28 Å². The van der Waals surface area contributed by atoms with Gasteiger partial charge in [0, 0.05) is 19.1 Å². The van der Waals surface area contributed by atoms with Crippen molar-refractivity contribution in [2.75, 3.05) is 23.3 Å². The molecule has 0 bridgehead atoms. The first kappa shape index (κ1) is 16.0. The Labute approximate surface area is 120 Å². The number of hydrogen-bond acceptors (Lipinski definition) is 5. The van der Waals surface area contributed by atoms with Crippen molar-refractivity contribution in [2.45, 2.75) is 53.0 Å². The van der Waals surface area contributed by atoms with E-state index in [2.05, 4.69) is 52.9 Å². The molecule has 6 heteroatoms. The Morgan fingerprint density at radius 3 is 2.32 bits per heavy atom. The van der Waals surface area contributed by atoms with Gasteiger partial charge in [-0.2, -0.15) is 15.0 Å². The molecule has 5 nitrogen and oxygen atoms in total. The van der Waals surface area contributed by atoms with E-state index in [-0.39, 0.29) is 5.28 Å². The Balaban J connectivity index is 2.89. The van der Waals surface area contributed by atoms with E-state index in [9.17, 15) is 0 Å². The molecule has 0 fully saturated rings. The first-order valence-electron chi connectivity index (χ1n) is 7.07. The SMILES string of the molecule is CCCC(CC)Nc1nc(Cl)nc(N(CC)CC)n1. The Morgan fingerprint density at radius 2 is 1.79 bits per heavy atom. The summed E-state index contributed by atoms with van der Waals surface area (Å²) in [6.45, 7) is 10.2. The average molecular weight is 286 g/mol. The molecule has 1 N–H and O–H groups in total. The van der Waals surface area contributed by atoms with Crippen molar-refractivity contribution < 1.29 is 0 Å². The maximum atomic E-state index is 5.98. The van der Waals surface area contributed by atoms with E-state index in [4.69, 9.17) is 11.6 Å². The van der Waals surface area contributed by atoms with Crippen LogP contribution in [0.4, 0.5) is 11.9 Å². The van der Waals surface area contributed by atoms with Crippen LogP contribution in [0.5, 0.6) is 0 Å². The van der Waals surface area contributed by atoms with E-state index in [0.29, 0.717) is 17.9 Å². The highest BCUT2D eigenvalue weighted by Crippen LogP contribution is 2.15. The van der Waals surface area contributed by atoms with Gasteiger partial charge in [0.05, 0.1) is 0 Å². The van der Waals surface area contributed by atoms with Gasteiger partial charge in [-0.05, 0) is 38.3 Å². The second kappa shape index (κ2) is 8.15. The molecule has 0 saturated carbocycles. The zero-order valence-electron chi connectivity index (χ0n) is 12.3. The average Bonchev–Trinajstić information content (AvgIpc) is 2.39. The topological polar surface area (TPSA) is 53.9 Å². The summed E-state index contributed by atoms with van der Waals surface area (Å²) in [5.41, 5.74) is 0. The molecular formula is C13H24ClN5. The number of anilines is 2. The van der Waals surface area contributed by atoms with Gasteiger partial charge in [0.2, 0.25) is 17.2 Å². The van der Waals surface area contributed by atoms with E-state index in [0.717, 1.165) is 32.4 Å². The van der Waals surface area contributed by atoms with Crippen molar-refractivity contribution in [1.29, 1.82) is 0 Å². The lowest BCUT2D eigenvalue weighted by molar-refractivity contribution is 0.616. The zero-order chi connectivity index (χ0) is 14.3. The third-order valence-corrected chi connectivity index (χ3v) is 3.27. The lowest BCUT2D eigenvalue weighted by Gasteiger charge is -2.20. The maximum Gasteiger partial charge on any atom is 0.231 e. The van der Waals surface area contributed by atoms with Crippen molar-refractivity contribution >= 4 is 23.5 Å². The monoisotopic (exact) mass is 285 g/mol. The molecule has 108 valence electrons. The minimum Gasteiger partial charge on any atom is -0.351 e. The van der Waals surface area contributed by atoms with Gasteiger partial charge < -0.3 is 10.2 Å². The third-order valence-electron chi connectivity index (χ3n) is 3.11. The molecule has 1 heterocycles. The summed E-state index contributed by atoms with van der Waals surface area (Å²) in [6.07, 6.45) is 3.27. The lowest BCUT2D eigenvalue weighted by atomic mass is 10.1. The van der Waals surface area contributed by atoms with Crippen LogP contribution in [-0.4, -0.2) is 34.1 Å². The van der Waals surface area contributed by atoms with E-state index in [1.54, 1.807) is 0 Å². The Morgan fingerprint density at radius 1 is 1.11 bits per heavy atom. The highest BCUT2D eigenvalue weighted by Gasteiger charge is 2.12. The minimum absolute atomic E-state index is 0.241. The smallest absolute Gasteiger partial charge is 0.231 e. The van der Waals surface area contributed by atoms with Gasteiger partial charge in [-0.25, -0.2) is 0 Å². The van der Waals surface area contributed by atoms with Gasteiger partial charge in [-0.1, -0.05) is 20.3 Å². The maximum absolute atomic E-state index is 5.98. The molecule has 0 aliphatic carbocycles. The molecule has 1 aromatic heterocycles. The van der Waals surface area contributed by atoms with Crippen LogP contribution in [0.3, 0.4) is 0 Å². The molecule has 1 aromatic rings. The van der Waals surface area contributed by atoms with E-state index in [1.807, 2.05) is 0 Å². The van der Waals surface area contributed by atoms with Gasteiger partial charge in [0.25, 0.3) is 0 Å². The highest BCUT2D eigenvalue weighted by molar-refractivity contribution is 6.28.